The second-order valence-corrected chi connectivity index (χ2v) is 7.55. The molecule has 4 bridgehead atoms. The molecule has 1 heterocycles. The Hall–Kier alpha value is -1.98. The summed E-state index contributed by atoms with van der Waals surface area (Å²) in [5.74, 6) is 2.43. The van der Waals surface area contributed by atoms with Crippen LogP contribution in [-0.4, -0.2) is 19.9 Å². The fraction of sp³-hybridized carbons (Fsp3) is 0.625. The van der Waals surface area contributed by atoms with Gasteiger partial charge in [-0.2, -0.15) is 0 Å². The summed E-state index contributed by atoms with van der Waals surface area (Å²) in [4.78, 5) is 10.8. The lowest BCUT2D eigenvalue weighted by molar-refractivity contribution is -0.383. The molecule has 4 fully saturated rings. The average molecular weight is 298 g/mol. The number of hydrogen-bond donors (Lipinski definition) is 0. The van der Waals surface area contributed by atoms with Gasteiger partial charge < -0.3 is 0 Å². The van der Waals surface area contributed by atoms with Crippen LogP contribution in [0.2, 0.25) is 0 Å². The molecule has 4 aliphatic rings. The van der Waals surface area contributed by atoms with Gasteiger partial charge in [-0.3, -0.25) is 10.1 Å². The smallest absolute Gasteiger partial charge is 0.258 e. The highest BCUT2D eigenvalue weighted by Gasteiger charge is 2.53. The van der Waals surface area contributed by atoms with Crippen molar-refractivity contribution in [1.82, 2.24) is 15.0 Å². The molecular weight excluding hydrogens is 280 g/mol. The Labute approximate surface area is 127 Å². The van der Waals surface area contributed by atoms with E-state index in [-0.39, 0.29) is 16.1 Å². The molecule has 0 N–H and O–H groups in total. The van der Waals surface area contributed by atoms with Crippen LogP contribution in [0.25, 0.3) is 11.0 Å². The highest BCUT2D eigenvalue weighted by Crippen LogP contribution is 2.59. The van der Waals surface area contributed by atoms with E-state index in [9.17, 15) is 10.1 Å². The van der Waals surface area contributed by atoms with Gasteiger partial charge in [-0.1, -0.05) is 11.3 Å². The van der Waals surface area contributed by atoms with Gasteiger partial charge >= 0.3 is 0 Å². The quantitative estimate of drug-likeness (QED) is 0.630. The van der Waals surface area contributed by atoms with Gasteiger partial charge in [-0.15, -0.1) is 5.10 Å². The third-order valence-electron chi connectivity index (χ3n) is 6.11. The normalized spacial score (nSPS) is 36.1. The van der Waals surface area contributed by atoms with E-state index < -0.39 is 0 Å². The number of fused-ring (bicyclic) bond motifs is 1. The molecule has 114 valence electrons. The second kappa shape index (κ2) is 4.06. The summed E-state index contributed by atoms with van der Waals surface area (Å²) in [7, 11) is 0. The SMILES string of the molecule is O=[N+]([O-])c1cccc2c1nnn2C12CC3CC(CC(C3)C1)C2. The third kappa shape index (κ3) is 1.55. The summed E-state index contributed by atoms with van der Waals surface area (Å²) in [5.41, 5.74) is 1.38. The van der Waals surface area contributed by atoms with Crippen molar-refractivity contribution >= 4 is 16.7 Å². The van der Waals surface area contributed by atoms with Gasteiger partial charge in [0.05, 0.1) is 16.0 Å². The Kier molecular flexibility index (Phi) is 2.31. The highest BCUT2D eigenvalue weighted by molar-refractivity contribution is 5.84. The van der Waals surface area contributed by atoms with E-state index in [4.69, 9.17) is 0 Å². The lowest BCUT2D eigenvalue weighted by Crippen LogP contribution is -2.52. The molecule has 1 aromatic carbocycles. The maximum Gasteiger partial charge on any atom is 0.299 e. The summed E-state index contributed by atoms with van der Waals surface area (Å²) in [6, 6.07) is 5.20. The molecule has 0 saturated heterocycles. The monoisotopic (exact) mass is 298 g/mol. The Balaban J connectivity index is 1.68. The average Bonchev–Trinajstić information content (AvgIpc) is 2.90. The molecule has 4 saturated carbocycles. The zero-order chi connectivity index (χ0) is 14.9. The van der Waals surface area contributed by atoms with Gasteiger partial charge in [0.2, 0.25) is 0 Å². The zero-order valence-electron chi connectivity index (χ0n) is 12.3. The Morgan fingerprint density at radius 3 is 2.36 bits per heavy atom. The van der Waals surface area contributed by atoms with Gasteiger partial charge in [-0.05, 0) is 62.3 Å². The zero-order valence-corrected chi connectivity index (χ0v) is 12.3. The topological polar surface area (TPSA) is 73.8 Å². The number of nitro groups is 1. The molecule has 22 heavy (non-hydrogen) atoms. The Morgan fingerprint density at radius 2 is 1.77 bits per heavy atom. The second-order valence-electron chi connectivity index (χ2n) is 7.55. The first-order valence-corrected chi connectivity index (χ1v) is 8.14. The van der Waals surface area contributed by atoms with Crippen molar-refractivity contribution in [2.75, 3.05) is 0 Å². The minimum absolute atomic E-state index is 0.0543. The van der Waals surface area contributed by atoms with E-state index in [1.807, 2.05) is 10.7 Å². The van der Waals surface area contributed by atoms with Gasteiger partial charge in [0.1, 0.15) is 0 Å². The molecular formula is C16H18N4O2. The number of benzene rings is 1. The standard InChI is InChI=1S/C16H18N4O2/c21-20(22)14-3-1-2-13-15(14)17-18-19(13)16-7-10-4-11(8-16)6-12(5-10)9-16/h1-3,10-12H,4-9H2. The number of nitrogens with zero attached hydrogens (tertiary/aromatic N) is 4. The molecule has 6 heteroatoms. The Bertz CT molecular complexity index is 746. The predicted molar refractivity (Wildman–Crippen MR) is 80.3 cm³/mol. The minimum Gasteiger partial charge on any atom is -0.258 e. The predicted octanol–water partition coefficient (Wildman–Crippen LogP) is 3.26. The Morgan fingerprint density at radius 1 is 1.14 bits per heavy atom. The maximum absolute atomic E-state index is 11.2. The van der Waals surface area contributed by atoms with E-state index >= 15 is 0 Å². The van der Waals surface area contributed by atoms with Crippen LogP contribution in [0.15, 0.2) is 18.2 Å². The van der Waals surface area contributed by atoms with Crippen LogP contribution in [0, 0.1) is 27.9 Å². The highest BCUT2D eigenvalue weighted by atomic mass is 16.6. The van der Waals surface area contributed by atoms with Gasteiger partial charge in [0, 0.05) is 6.07 Å². The lowest BCUT2D eigenvalue weighted by atomic mass is 9.53. The molecule has 4 aliphatic carbocycles. The number of aromatic nitrogens is 3. The molecule has 0 spiro atoms. The van der Waals surface area contributed by atoms with E-state index in [2.05, 4.69) is 10.3 Å². The van der Waals surface area contributed by atoms with Crippen LogP contribution in [-0.2, 0) is 5.54 Å². The molecule has 0 radical (unpaired) electrons. The number of non-ortho nitro benzene ring substituents is 1. The number of rotatable bonds is 2. The molecule has 0 atom stereocenters. The summed E-state index contributed by atoms with van der Waals surface area (Å²) in [6.45, 7) is 0. The summed E-state index contributed by atoms with van der Waals surface area (Å²) in [6.07, 6.45) is 7.60. The lowest BCUT2D eigenvalue weighted by Gasteiger charge is -2.56. The molecule has 1 aromatic heterocycles. The molecule has 0 amide bonds. The van der Waals surface area contributed by atoms with Gasteiger partial charge in [-0.25, -0.2) is 4.68 Å². The van der Waals surface area contributed by atoms with Crippen LogP contribution >= 0.6 is 0 Å². The maximum atomic E-state index is 11.2. The largest absolute Gasteiger partial charge is 0.299 e. The number of hydrogen-bond acceptors (Lipinski definition) is 4. The molecule has 0 unspecified atom stereocenters. The van der Waals surface area contributed by atoms with E-state index in [0.29, 0.717) is 5.52 Å². The molecule has 2 aromatic rings. The summed E-state index contributed by atoms with van der Waals surface area (Å²) >= 11 is 0. The van der Waals surface area contributed by atoms with Crippen molar-refractivity contribution in [3.05, 3.63) is 28.3 Å². The third-order valence-corrected chi connectivity index (χ3v) is 6.11. The van der Waals surface area contributed by atoms with Crippen molar-refractivity contribution in [2.45, 2.75) is 44.1 Å². The van der Waals surface area contributed by atoms with Crippen molar-refractivity contribution in [2.24, 2.45) is 17.8 Å². The van der Waals surface area contributed by atoms with Gasteiger partial charge in [0.25, 0.3) is 5.69 Å². The van der Waals surface area contributed by atoms with Crippen molar-refractivity contribution < 1.29 is 4.92 Å². The van der Waals surface area contributed by atoms with Crippen LogP contribution in [0.4, 0.5) is 5.69 Å². The first-order valence-electron chi connectivity index (χ1n) is 8.14. The van der Waals surface area contributed by atoms with Gasteiger partial charge in [0.15, 0.2) is 5.52 Å². The van der Waals surface area contributed by atoms with Crippen molar-refractivity contribution in [3.8, 4) is 0 Å². The van der Waals surface area contributed by atoms with E-state index in [1.165, 1.54) is 44.6 Å². The fourth-order valence-electron chi connectivity index (χ4n) is 5.75. The van der Waals surface area contributed by atoms with Crippen LogP contribution < -0.4 is 0 Å². The van der Waals surface area contributed by atoms with Crippen LogP contribution in [0.5, 0.6) is 0 Å². The van der Waals surface area contributed by atoms with E-state index in [0.717, 1.165) is 23.3 Å². The minimum atomic E-state index is -0.360. The summed E-state index contributed by atoms with van der Waals surface area (Å²) in [5, 5.41) is 19.8. The van der Waals surface area contributed by atoms with Crippen LogP contribution in [0.3, 0.4) is 0 Å². The summed E-state index contributed by atoms with van der Waals surface area (Å²) < 4.78 is 2.04. The van der Waals surface area contributed by atoms with Crippen molar-refractivity contribution in [1.29, 1.82) is 0 Å². The number of nitro benzene ring substituents is 1. The first-order chi connectivity index (χ1) is 10.6. The fourth-order valence-corrected chi connectivity index (χ4v) is 5.75. The molecule has 6 rings (SSSR count). The van der Waals surface area contributed by atoms with Crippen molar-refractivity contribution in [3.63, 3.8) is 0 Å². The van der Waals surface area contributed by atoms with Crippen LogP contribution in [0.1, 0.15) is 38.5 Å². The van der Waals surface area contributed by atoms with E-state index in [1.54, 1.807) is 6.07 Å². The molecule has 6 nitrogen and oxygen atoms in total. The molecule has 0 aliphatic heterocycles. The first kappa shape index (κ1) is 12.6.